The van der Waals surface area contributed by atoms with Gasteiger partial charge in [-0.05, 0) is 18.9 Å². The highest BCUT2D eigenvalue weighted by atomic mass is 16.5. The van der Waals surface area contributed by atoms with Gasteiger partial charge >= 0.3 is 5.97 Å². The number of anilines is 1. The van der Waals surface area contributed by atoms with E-state index in [9.17, 15) is 4.79 Å². The van der Waals surface area contributed by atoms with E-state index in [1.54, 1.807) is 0 Å². The molecule has 0 spiro atoms. The van der Waals surface area contributed by atoms with Crippen LogP contribution in [0.2, 0.25) is 0 Å². The largest absolute Gasteiger partial charge is 0.467 e. The fourth-order valence-corrected chi connectivity index (χ4v) is 1.86. The minimum absolute atomic E-state index is 0.274. The second-order valence-corrected chi connectivity index (χ2v) is 3.74. The van der Waals surface area contributed by atoms with Gasteiger partial charge < -0.3 is 10.5 Å². The summed E-state index contributed by atoms with van der Waals surface area (Å²) in [6.45, 7) is 0. The van der Waals surface area contributed by atoms with Crippen LogP contribution in [0.3, 0.4) is 0 Å². The predicted molar refractivity (Wildman–Crippen MR) is 62.4 cm³/mol. The Kier molecular flexibility index (Phi) is 2.90. The fourth-order valence-electron chi connectivity index (χ4n) is 1.86. The summed E-state index contributed by atoms with van der Waals surface area (Å²) in [5.74, 6) is -0.274. The molecule has 4 heteroatoms. The number of nitrogen functional groups attached to an aromatic ring is 1. The lowest BCUT2D eigenvalue weighted by Crippen LogP contribution is -2.16. The average molecular weight is 218 g/mol. The number of ether oxygens (including phenoxy) is 1. The molecule has 0 amide bonds. The summed E-state index contributed by atoms with van der Waals surface area (Å²) >= 11 is 0. The first-order valence-corrected chi connectivity index (χ1v) is 5.21. The zero-order valence-corrected chi connectivity index (χ0v) is 9.14. The van der Waals surface area contributed by atoms with Crippen molar-refractivity contribution in [2.45, 2.75) is 18.9 Å². The Morgan fingerprint density at radius 2 is 2.25 bits per heavy atom. The fraction of sp³-hybridized carbons (Fsp3) is 0.333. The van der Waals surface area contributed by atoms with E-state index >= 15 is 0 Å². The number of hydrogen-bond acceptors (Lipinski definition) is 4. The number of nitrogens with two attached hydrogens (primary N) is 1. The van der Waals surface area contributed by atoms with Gasteiger partial charge in [-0.2, -0.15) is 0 Å². The topological polar surface area (TPSA) is 64.7 Å². The summed E-state index contributed by atoms with van der Waals surface area (Å²) in [6.07, 6.45) is 1.48. The van der Waals surface area contributed by atoms with Crippen molar-refractivity contribution < 1.29 is 9.53 Å². The molecule has 1 aliphatic rings. The van der Waals surface area contributed by atoms with Gasteiger partial charge in [0.1, 0.15) is 6.04 Å². The van der Waals surface area contributed by atoms with Crippen LogP contribution in [0, 0.1) is 0 Å². The molecule has 84 valence electrons. The van der Waals surface area contributed by atoms with Gasteiger partial charge in [0.25, 0.3) is 0 Å². The number of rotatable bonds is 2. The van der Waals surface area contributed by atoms with Crippen LogP contribution in [0.4, 0.5) is 5.69 Å². The summed E-state index contributed by atoms with van der Waals surface area (Å²) in [6, 6.07) is 7.20. The van der Waals surface area contributed by atoms with Crippen LogP contribution in [0.25, 0.3) is 0 Å². The maximum atomic E-state index is 11.3. The second kappa shape index (κ2) is 4.35. The van der Waals surface area contributed by atoms with Gasteiger partial charge in [-0.15, -0.1) is 0 Å². The van der Waals surface area contributed by atoms with Gasteiger partial charge in [0.15, 0.2) is 0 Å². The van der Waals surface area contributed by atoms with E-state index in [1.807, 2.05) is 24.3 Å². The zero-order chi connectivity index (χ0) is 11.5. The molecule has 16 heavy (non-hydrogen) atoms. The maximum absolute atomic E-state index is 11.3. The minimum atomic E-state index is -0.361. The molecule has 0 saturated heterocycles. The molecule has 2 N–H and O–H groups in total. The van der Waals surface area contributed by atoms with Crippen molar-refractivity contribution >= 4 is 17.4 Å². The number of hydrogen-bond donors (Lipinski definition) is 1. The minimum Gasteiger partial charge on any atom is -0.467 e. The Hall–Kier alpha value is -1.84. The third kappa shape index (κ3) is 1.91. The van der Waals surface area contributed by atoms with Crippen LogP contribution in [0.1, 0.15) is 18.4 Å². The van der Waals surface area contributed by atoms with Crippen LogP contribution < -0.4 is 5.73 Å². The standard InChI is InChI=1S/C12H14N2O2/c1-16-12(15)11-7-6-10(14-11)8-4-2-3-5-9(8)13/h2-5,11H,6-7,13H2,1H3/t11-/m0/s1. The summed E-state index contributed by atoms with van der Waals surface area (Å²) < 4.78 is 4.67. The SMILES string of the molecule is COC(=O)[C@@H]1CCC(c2ccccc2N)=N1. The molecule has 0 radical (unpaired) electrons. The molecule has 0 unspecified atom stereocenters. The molecule has 0 fully saturated rings. The van der Waals surface area contributed by atoms with E-state index < -0.39 is 0 Å². The zero-order valence-electron chi connectivity index (χ0n) is 9.14. The molecule has 0 bridgehead atoms. The molecule has 0 aromatic heterocycles. The van der Waals surface area contributed by atoms with Crippen molar-refractivity contribution in [2.24, 2.45) is 4.99 Å². The first-order valence-electron chi connectivity index (χ1n) is 5.21. The number of carbonyl (C=O) groups is 1. The molecule has 0 aliphatic carbocycles. The molecular weight excluding hydrogens is 204 g/mol. The number of para-hydroxylation sites is 1. The maximum Gasteiger partial charge on any atom is 0.330 e. The molecule has 0 saturated carbocycles. The van der Waals surface area contributed by atoms with E-state index in [-0.39, 0.29) is 12.0 Å². The summed E-state index contributed by atoms with van der Waals surface area (Å²) in [7, 11) is 1.38. The Balaban J connectivity index is 2.25. The first-order chi connectivity index (χ1) is 7.72. The Morgan fingerprint density at radius 3 is 2.94 bits per heavy atom. The highest BCUT2D eigenvalue weighted by Crippen LogP contribution is 2.22. The van der Waals surface area contributed by atoms with Crippen LogP contribution in [-0.2, 0) is 9.53 Å². The monoisotopic (exact) mass is 218 g/mol. The van der Waals surface area contributed by atoms with Gasteiger partial charge in [-0.3, -0.25) is 4.99 Å². The summed E-state index contributed by atoms with van der Waals surface area (Å²) in [4.78, 5) is 15.7. The van der Waals surface area contributed by atoms with Crippen molar-refractivity contribution in [1.82, 2.24) is 0 Å². The van der Waals surface area contributed by atoms with Crippen LogP contribution in [-0.4, -0.2) is 24.8 Å². The number of carbonyl (C=O) groups excluding carboxylic acids is 1. The van der Waals surface area contributed by atoms with Gasteiger partial charge in [0, 0.05) is 17.0 Å². The Morgan fingerprint density at radius 1 is 1.50 bits per heavy atom. The molecule has 1 aromatic carbocycles. The van der Waals surface area contributed by atoms with Gasteiger partial charge in [-0.1, -0.05) is 18.2 Å². The lowest BCUT2D eigenvalue weighted by Gasteiger charge is -2.04. The summed E-state index contributed by atoms with van der Waals surface area (Å²) in [5, 5.41) is 0. The average Bonchev–Trinajstić information content (AvgIpc) is 2.78. The number of nitrogens with zero attached hydrogens (tertiary/aromatic N) is 1. The van der Waals surface area contributed by atoms with Gasteiger partial charge in [-0.25, -0.2) is 4.79 Å². The lowest BCUT2D eigenvalue weighted by atomic mass is 10.1. The molecule has 1 atom stereocenters. The number of esters is 1. The third-order valence-corrected chi connectivity index (χ3v) is 2.71. The highest BCUT2D eigenvalue weighted by molar-refractivity contribution is 6.07. The van der Waals surface area contributed by atoms with E-state index in [0.717, 1.165) is 17.7 Å². The van der Waals surface area contributed by atoms with Crippen molar-refractivity contribution in [1.29, 1.82) is 0 Å². The van der Waals surface area contributed by atoms with Crippen molar-refractivity contribution in [3.05, 3.63) is 29.8 Å². The molecule has 2 rings (SSSR count). The van der Waals surface area contributed by atoms with E-state index in [4.69, 9.17) is 5.73 Å². The number of methoxy groups -OCH3 is 1. The number of benzene rings is 1. The third-order valence-electron chi connectivity index (χ3n) is 2.71. The van der Waals surface area contributed by atoms with Crippen LogP contribution >= 0.6 is 0 Å². The molecule has 1 aliphatic heterocycles. The predicted octanol–water partition coefficient (Wildman–Crippen LogP) is 1.39. The van der Waals surface area contributed by atoms with E-state index in [1.165, 1.54) is 7.11 Å². The van der Waals surface area contributed by atoms with Crippen LogP contribution in [0.15, 0.2) is 29.3 Å². The second-order valence-electron chi connectivity index (χ2n) is 3.74. The highest BCUT2D eigenvalue weighted by Gasteiger charge is 2.26. The van der Waals surface area contributed by atoms with E-state index in [0.29, 0.717) is 12.1 Å². The normalized spacial score (nSPS) is 19.3. The Bertz CT molecular complexity index is 440. The molecule has 1 heterocycles. The van der Waals surface area contributed by atoms with Crippen molar-refractivity contribution in [2.75, 3.05) is 12.8 Å². The first kappa shape index (κ1) is 10.7. The molecular formula is C12H14N2O2. The van der Waals surface area contributed by atoms with E-state index in [2.05, 4.69) is 9.73 Å². The number of aliphatic imine (C=N–C) groups is 1. The lowest BCUT2D eigenvalue weighted by molar-refractivity contribution is -0.141. The Labute approximate surface area is 94.1 Å². The van der Waals surface area contributed by atoms with Gasteiger partial charge in [0.05, 0.1) is 7.11 Å². The van der Waals surface area contributed by atoms with Crippen LogP contribution in [0.5, 0.6) is 0 Å². The molecule has 4 nitrogen and oxygen atoms in total. The smallest absolute Gasteiger partial charge is 0.330 e. The molecule has 1 aromatic rings. The summed E-state index contributed by atoms with van der Waals surface area (Å²) in [5.41, 5.74) is 8.38. The van der Waals surface area contributed by atoms with Crippen molar-refractivity contribution in [3.63, 3.8) is 0 Å². The quantitative estimate of drug-likeness (QED) is 0.602. The van der Waals surface area contributed by atoms with Crippen molar-refractivity contribution in [3.8, 4) is 0 Å². The van der Waals surface area contributed by atoms with Gasteiger partial charge in [0.2, 0.25) is 0 Å².